The molecule has 1 aromatic heterocycles. The van der Waals surface area contributed by atoms with Crippen LogP contribution in [-0.4, -0.2) is 41.5 Å². The van der Waals surface area contributed by atoms with Gasteiger partial charge in [0.2, 0.25) is 0 Å². The van der Waals surface area contributed by atoms with Crippen molar-refractivity contribution in [1.82, 2.24) is 20.4 Å². The summed E-state index contributed by atoms with van der Waals surface area (Å²) < 4.78 is 7.40. The van der Waals surface area contributed by atoms with Crippen molar-refractivity contribution < 1.29 is 9.53 Å². The lowest BCUT2D eigenvalue weighted by molar-refractivity contribution is -0.136. The van der Waals surface area contributed by atoms with Crippen LogP contribution in [0.2, 0.25) is 0 Å². The van der Waals surface area contributed by atoms with Crippen molar-refractivity contribution in [1.29, 1.82) is 0 Å². The molecule has 0 unspecified atom stereocenters. The second-order valence-corrected chi connectivity index (χ2v) is 6.67. The molecule has 124 valence electrons. The van der Waals surface area contributed by atoms with Crippen LogP contribution in [-0.2, 0) is 22.1 Å². The zero-order chi connectivity index (χ0) is 16.6. The Morgan fingerprint density at radius 1 is 1.48 bits per heavy atom. The first-order valence-electron chi connectivity index (χ1n) is 7.96. The van der Waals surface area contributed by atoms with Crippen molar-refractivity contribution in [3.8, 4) is 0 Å². The summed E-state index contributed by atoms with van der Waals surface area (Å²) in [4.78, 5) is 12.5. The van der Waals surface area contributed by atoms with Gasteiger partial charge in [-0.2, -0.15) is 5.10 Å². The molecule has 2 aromatic rings. The van der Waals surface area contributed by atoms with E-state index in [0.29, 0.717) is 13.2 Å². The van der Waals surface area contributed by atoms with Gasteiger partial charge < -0.3 is 15.4 Å². The van der Waals surface area contributed by atoms with Crippen molar-refractivity contribution in [2.45, 2.75) is 32.4 Å². The molecular formula is C17H24N4O2. The summed E-state index contributed by atoms with van der Waals surface area (Å²) >= 11 is 0. The van der Waals surface area contributed by atoms with E-state index < -0.39 is 11.6 Å². The van der Waals surface area contributed by atoms with Crippen LogP contribution in [0.1, 0.15) is 25.1 Å². The summed E-state index contributed by atoms with van der Waals surface area (Å²) in [6.07, 6.45) is -0.444. The minimum Gasteiger partial charge on any atom is -0.366 e. The van der Waals surface area contributed by atoms with Crippen LogP contribution in [0.5, 0.6) is 0 Å². The van der Waals surface area contributed by atoms with E-state index in [9.17, 15) is 4.79 Å². The van der Waals surface area contributed by atoms with Crippen molar-refractivity contribution in [2.24, 2.45) is 7.05 Å². The maximum absolute atomic E-state index is 12.5. The summed E-state index contributed by atoms with van der Waals surface area (Å²) in [5.41, 5.74) is 2.55. The number of amides is 1. The standard InChI is InChI=1S/C17H24N4O2/c1-11-5-6-12-13(9-11)21(4)20-15(12)17(2,3)19-16(22)14-10-18-7-8-23-14/h5-6,9,14,18H,7-8,10H2,1-4H3,(H,19,22)/t14-/m0/s1. The Hall–Kier alpha value is -1.92. The third-order valence-corrected chi connectivity index (χ3v) is 4.25. The van der Waals surface area contributed by atoms with Crippen molar-refractivity contribution in [2.75, 3.05) is 19.7 Å². The van der Waals surface area contributed by atoms with E-state index in [1.807, 2.05) is 25.6 Å². The van der Waals surface area contributed by atoms with Crippen LogP contribution >= 0.6 is 0 Å². The molecule has 0 spiro atoms. The molecule has 0 radical (unpaired) electrons. The Morgan fingerprint density at radius 3 is 2.96 bits per heavy atom. The highest BCUT2D eigenvalue weighted by Gasteiger charge is 2.32. The zero-order valence-corrected chi connectivity index (χ0v) is 14.1. The number of hydrogen-bond donors (Lipinski definition) is 2. The van der Waals surface area contributed by atoms with Crippen molar-refractivity contribution in [3.63, 3.8) is 0 Å². The lowest BCUT2D eigenvalue weighted by Gasteiger charge is -2.29. The van der Waals surface area contributed by atoms with E-state index in [1.54, 1.807) is 0 Å². The fourth-order valence-corrected chi connectivity index (χ4v) is 3.01. The molecule has 23 heavy (non-hydrogen) atoms. The Kier molecular flexibility index (Phi) is 4.12. The number of carbonyl (C=O) groups excluding carboxylic acids is 1. The number of nitrogens with one attached hydrogen (secondary N) is 2. The number of morpholine rings is 1. The Balaban J connectivity index is 1.88. The van der Waals surface area contributed by atoms with Crippen LogP contribution in [0.4, 0.5) is 0 Å². The number of fused-ring (bicyclic) bond motifs is 1. The average molecular weight is 316 g/mol. The Labute approximate surface area is 136 Å². The molecule has 1 saturated heterocycles. The van der Waals surface area contributed by atoms with Gasteiger partial charge in [-0.3, -0.25) is 9.48 Å². The largest absolute Gasteiger partial charge is 0.366 e. The molecule has 2 N–H and O–H groups in total. The molecular weight excluding hydrogens is 292 g/mol. The first-order chi connectivity index (χ1) is 10.9. The van der Waals surface area contributed by atoms with Gasteiger partial charge in [0.15, 0.2) is 0 Å². The van der Waals surface area contributed by atoms with Crippen LogP contribution in [0.25, 0.3) is 10.9 Å². The second-order valence-electron chi connectivity index (χ2n) is 6.67. The van der Waals surface area contributed by atoms with Crippen LogP contribution in [0, 0.1) is 6.92 Å². The summed E-state index contributed by atoms with van der Waals surface area (Å²) in [5.74, 6) is -0.104. The molecule has 6 nitrogen and oxygen atoms in total. The van der Waals surface area contributed by atoms with Crippen molar-refractivity contribution >= 4 is 16.8 Å². The van der Waals surface area contributed by atoms with Gasteiger partial charge in [0.1, 0.15) is 6.10 Å². The van der Waals surface area contributed by atoms with E-state index in [4.69, 9.17) is 4.74 Å². The van der Waals surface area contributed by atoms with E-state index in [1.165, 1.54) is 5.56 Å². The van der Waals surface area contributed by atoms with E-state index >= 15 is 0 Å². The highest BCUT2D eigenvalue weighted by atomic mass is 16.5. The summed E-state index contributed by atoms with van der Waals surface area (Å²) in [6.45, 7) is 7.91. The van der Waals surface area contributed by atoms with Gasteiger partial charge in [0, 0.05) is 25.5 Å². The lowest BCUT2D eigenvalue weighted by Crippen LogP contribution is -2.52. The molecule has 1 aromatic carbocycles. The van der Waals surface area contributed by atoms with Gasteiger partial charge in [0.25, 0.3) is 5.91 Å². The quantitative estimate of drug-likeness (QED) is 0.893. The topological polar surface area (TPSA) is 68.2 Å². The molecule has 1 fully saturated rings. The van der Waals surface area contributed by atoms with Crippen LogP contribution in [0.15, 0.2) is 18.2 Å². The second kappa shape index (κ2) is 5.94. The van der Waals surface area contributed by atoms with E-state index in [0.717, 1.165) is 23.1 Å². The fourth-order valence-electron chi connectivity index (χ4n) is 3.01. The number of carbonyl (C=O) groups is 1. The first kappa shape index (κ1) is 16.0. The van der Waals surface area contributed by atoms with Gasteiger partial charge in [-0.15, -0.1) is 0 Å². The predicted octanol–water partition coefficient (Wildman–Crippen LogP) is 1.22. The maximum Gasteiger partial charge on any atom is 0.251 e. The molecule has 3 rings (SSSR count). The monoisotopic (exact) mass is 316 g/mol. The first-order valence-corrected chi connectivity index (χ1v) is 7.96. The SMILES string of the molecule is Cc1ccc2c(C(C)(C)NC(=O)[C@@H]3CNCCO3)nn(C)c2c1. The van der Waals surface area contributed by atoms with Gasteiger partial charge in [0.05, 0.1) is 23.4 Å². The molecule has 1 aliphatic heterocycles. The molecule has 2 heterocycles. The normalized spacial score (nSPS) is 19.0. The summed E-state index contributed by atoms with van der Waals surface area (Å²) in [5, 5.41) is 12.0. The minimum absolute atomic E-state index is 0.104. The van der Waals surface area contributed by atoms with Gasteiger partial charge in [-0.1, -0.05) is 12.1 Å². The molecule has 0 aliphatic carbocycles. The van der Waals surface area contributed by atoms with Crippen LogP contribution in [0.3, 0.4) is 0 Å². The van der Waals surface area contributed by atoms with Crippen molar-refractivity contribution in [3.05, 3.63) is 29.5 Å². The van der Waals surface area contributed by atoms with Gasteiger partial charge in [-0.25, -0.2) is 0 Å². The minimum atomic E-state index is -0.577. The highest BCUT2D eigenvalue weighted by Crippen LogP contribution is 2.28. The molecule has 1 amide bonds. The number of aromatic nitrogens is 2. The Morgan fingerprint density at radius 2 is 2.26 bits per heavy atom. The average Bonchev–Trinajstić information content (AvgIpc) is 2.85. The molecule has 1 atom stereocenters. The smallest absolute Gasteiger partial charge is 0.251 e. The number of ether oxygens (including phenoxy) is 1. The maximum atomic E-state index is 12.5. The summed E-state index contributed by atoms with van der Waals surface area (Å²) in [6, 6.07) is 6.25. The molecule has 6 heteroatoms. The molecule has 1 aliphatic rings. The summed E-state index contributed by atoms with van der Waals surface area (Å²) in [7, 11) is 1.93. The number of nitrogens with zero attached hydrogens (tertiary/aromatic N) is 2. The lowest BCUT2D eigenvalue weighted by atomic mass is 9.96. The third-order valence-electron chi connectivity index (χ3n) is 4.25. The Bertz CT molecular complexity index is 730. The molecule has 0 saturated carbocycles. The highest BCUT2D eigenvalue weighted by molar-refractivity contribution is 5.86. The van der Waals surface area contributed by atoms with Crippen LogP contribution < -0.4 is 10.6 Å². The number of benzene rings is 1. The third kappa shape index (κ3) is 3.09. The van der Waals surface area contributed by atoms with E-state index in [-0.39, 0.29) is 5.91 Å². The number of rotatable bonds is 3. The molecule has 0 bridgehead atoms. The number of hydrogen-bond acceptors (Lipinski definition) is 4. The van der Waals surface area contributed by atoms with E-state index in [2.05, 4.69) is 40.9 Å². The van der Waals surface area contributed by atoms with Gasteiger partial charge in [-0.05, 0) is 32.4 Å². The fraction of sp³-hybridized carbons (Fsp3) is 0.529. The predicted molar refractivity (Wildman–Crippen MR) is 89.2 cm³/mol. The number of aryl methyl sites for hydroxylation is 2. The van der Waals surface area contributed by atoms with Gasteiger partial charge >= 0.3 is 0 Å². The zero-order valence-electron chi connectivity index (χ0n) is 14.1.